The molecule has 0 radical (unpaired) electrons. The third-order valence-electron chi connectivity index (χ3n) is 9.42. The van der Waals surface area contributed by atoms with Crippen molar-refractivity contribution < 1.29 is 27.5 Å². The Bertz CT molecular complexity index is 1260. The minimum Gasteiger partial charge on any atom is -0.444 e. The average Bonchev–Trinajstić information content (AvgIpc) is 3.52. The zero-order chi connectivity index (χ0) is 28.4. The van der Waals surface area contributed by atoms with Crippen LogP contribution in [0.2, 0.25) is 0 Å². The number of alkyl carbamates (subject to hydrolysis) is 1. The Hall–Kier alpha value is -2.66. The number of benzene rings is 1. The molecular formula is C28H40N4O6S. The summed E-state index contributed by atoms with van der Waals surface area (Å²) < 4.78 is 33.2. The number of ether oxygens (including phenoxy) is 1. The Balaban J connectivity index is 1.31. The standard InChI is InChI=1S/C28H40N4O6S/c1-26(2,3)38-25(35)29-21(15-18-9-7-6-8-10-18)23(33)31-14-12-20(30-31)24(34)32-22-16-19-11-13-28(22,27(19,4)5)17-39(32,36)37/h6-10,19-22,30H,11-17H2,1-5H3,(H,29,35)/t19-,20+,21+,22+,28+/m1/s1. The summed E-state index contributed by atoms with van der Waals surface area (Å²) >= 11 is 0. The van der Waals surface area contributed by atoms with Crippen molar-refractivity contribution in [3.8, 4) is 0 Å². The lowest BCUT2D eigenvalue weighted by Crippen LogP contribution is -2.56. The van der Waals surface area contributed by atoms with Gasteiger partial charge in [-0.3, -0.25) is 14.6 Å². The van der Waals surface area contributed by atoms with E-state index in [4.69, 9.17) is 4.74 Å². The largest absolute Gasteiger partial charge is 0.444 e. The maximum Gasteiger partial charge on any atom is 0.408 e. The Kier molecular flexibility index (Phi) is 6.77. The third kappa shape index (κ3) is 4.81. The average molecular weight is 561 g/mol. The monoisotopic (exact) mass is 560 g/mol. The maximum absolute atomic E-state index is 13.7. The molecule has 2 heterocycles. The zero-order valence-corrected chi connectivity index (χ0v) is 24.2. The van der Waals surface area contributed by atoms with Crippen LogP contribution in [-0.4, -0.2) is 71.7 Å². The number of amides is 3. The van der Waals surface area contributed by atoms with Crippen molar-refractivity contribution in [2.24, 2.45) is 16.7 Å². The summed E-state index contributed by atoms with van der Waals surface area (Å²) in [6.07, 6.45) is 2.32. The van der Waals surface area contributed by atoms with Crippen molar-refractivity contribution in [3.63, 3.8) is 0 Å². The first kappa shape index (κ1) is 27.9. The smallest absolute Gasteiger partial charge is 0.408 e. The predicted molar refractivity (Wildman–Crippen MR) is 145 cm³/mol. The molecule has 4 fully saturated rings. The van der Waals surface area contributed by atoms with E-state index in [1.54, 1.807) is 20.8 Å². The highest BCUT2D eigenvalue weighted by molar-refractivity contribution is 7.90. The first-order chi connectivity index (χ1) is 18.1. The fourth-order valence-electron chi connectivity index (χ4n) is 7.35. The number of carbonyl (C=O) groups excluding carboxylic acids is 3. The molecule has 1 aromatic rings. The van der Waals surface area contributed by atoms with E-state index >= 15 is 0 Å². The second kappa shape index (κ2) is 9.47. The molecule has 2 aliphatic carbocycles. The van der Waals surface area contributed by atoms with Crippen molar-refractivity contribution in [1.82, 2.24) is 20.1 Å². The molecule has 4 aliphatic rings. The molecule has 39 heavy (non-hydrogen) atoms. The van der Waals surface area contributed by atoms with Crippen molar-refractivity contribution in [3.05, 3.63) is 35.9 Å². The van der Waals surface area contributed by atoms with Gasteiger partial charge in [0, 0.05) is 18.4 Å². The molecule has 5 rings (SSSR count). The van der Waals surface area contributed by atoms with Crippen LogP contribution in [0.4, 0.5) is 4.79 Å². The summed E-state index contributed by atoms with van der Waals surface area (Å²) in [5, 5.41) is 4.01. The molecule has 5 atom stereocenters. The molecule has 2 bridgehead atoms. The third-order valence-corrected chi connectivity index (χ3v) is 11.3. The number of hydrazine groups is 1. The number of hydrogen-bond donors (Lipinski definition) is 2. The number of hydrogen-bond acceptors (Lipinski definition) is 7. The lowest BCUT2D eigenvalue weighted by Gasteiger charge is -2.37. The zero-order valence-electron chi connectivity index (χ0n) is 23.4. The van der Waals surface area contributed by atoms with Gasteiger partial charge in [-0.05, 0) is 63.4 Å². The Morgan fingerprint density at radius 3 is 2.49 bits per heavy atom. The molecule has 1 spiro atoms. The summed E-state index contributed by atoms with van der Waals surface area (Å²) in [4.78, 5) is 39.9. The molecule has 2 aliphatic heterocycles. The number of fused-ring (bicyclic) bond motifs is 1. The molecule has 2 saturated heterocycles. The van der Waals surface area contributed by atoms with Gasteiger partial charge in [0.05, 0.1) is 11.8 Å². The van der Waals surface area contributed by atoms with Gasteiger partial charge in [0.2, 0.25) is 10.0 Å². The van der Waals surface area contributed by atoms with Gasteiger partial charge in [0.15, 0.2) is 0 Å². The second-order valence-corrected chi connectivity index (χ2v) is 14.9. The van der Waals surface area contributed by atoms with Gasteiger partial charge >= 0.3 is 6.09 Å². The van der Waals surface area contributed by atoms with Crippen molar-refractivity contribution in [2.45, 2.75) is 90.4 Å². The van der Waals surface area contributed by atoms with E-state index in [0.717, 1.165) is 22.7 Å². The predicted octanol–water partition coefficient (Wildman–Crippen LogP) is 2.59. The summed E-state index contributed by atoms with van der Waals surface area (Å²) in [6, 6.07) is 7.22. The van der Waals surface area contributed by atoms with E-state index in [1.165, 1.54) is 5.01 Å². The van der Waals surface area contributed by atoms with Crippen LogP contribution < -0.4 is 10.7 Å². The lowest BCUT2D eigenvalue weighted by molar-refractivity contribution is -0.137. The van der Waals surface area contributed by atoms with Crippen molar-refractivity contribution in [1.29, 1.82) is 0 Å². The van der Waals surface area contributed by atoms with Crippen molar-refractivity contribution in [2.75, 3.05) is 12.3 Å². The highest BCUT2D eigenvalue weighted by Gasteiger charge is 2.72. The molecule has 0 aromatic heterocycles. The highest BCUT2D eigenvalue weighted by Crippen LogP contribution is 2.70. The first-order valence-electron chi connectivity index (χ1n) is 13.8. The summed E-state index contributed by atoms with van der Waals surface area (Å²) in [5.41, 5.74) is 2.55. The van der Waals surface area contributed by atoms with Crippen LogP contribution >= 0.6 is 0 Å². The summed E-state index contributed by atoms with van der Waals surface area (Å²) in [7, 11) is -3.76. The van der Waals surface area contributed by atoms with Crippen LogP contribution in [0.3, 0.4) is 0 Å². The molecule has 10 nitrogen and oxygen atoms in total. The highest BCUT2D eigenvalue weighted by atomic mass is 32.2. The van der Waals surface area contributed by atoms with Gasteiger partial charge in [-0.25, -0.2) is 22.9 Å². The number of rotatable bonds is 5. The van der Waals surface area contributed by atoms with Gasteiger partial charge in [-0.15, -0.1) is 0 Å². The molecule has 1 aromatic carbocycles. The minimum absolute atomic E-state index is 0.00816. The van der Waals surface area contributed by atoms with E-state index in [0.29, 0.717) is 12.3 Å². The fourth-order valence-corrected chi connectivity index (χ4v) is 9.92. The van der Waals surface area contributed by atoms with Gasteiger partial charge in [-0.2, -0.15) is 0 Å². The van der Waals surface area contributed by atoms with Crippen LogP contribution in [0.5, 0.6) is 0 Å². The van der Waals surface area contributed by atoms with E-state index < -0.39 is 51.0 Å². The van der Waals surface area contributed by atoms with E-state index in [-0.39, 0.29) is 36.6 Å². The molecule has 0 unspecified atom stereocenters. The van der Waals surface area contributed by atoms with Crippen LogP contribution in [0.15, 0.2) is 30.3 Å². The van der Waals surface area contributed by atoms with E-state index in [1.807, 2.05) is 30.3 Å². The normalized spacial score (nSPS) is 31.2. The van der Waals surface area contributed by atoms with Crippen LogP contribution in [0.25, 0.3) is 0 Å². The quantitative estimate of drug-likeness (QED) is 0.567. The van der Waals surface area contributed by atoms with E-state index in [9.17, 15) is 22.8 Å². The molecule has 3 amide bonds. The lowest BCUT2D eigenvalue weighted by atomic mass is 9.69. The van der Waals surface area contributed by atoms with Crippen molar-refractivity contribution >= 4 is 27.9 Å². The number of nitrogens with one attached hydrogen (secondary N) is 2. The van der Waals surface area contributed by atoms with Crippen LogP contribution in [-0.2, 0) is 30.8 Å². The van der Waals surface area contributed by atoms with Gasteiger partial charge in [-0.1, -0.05) is 44.2 Å². The maximum atomic E-state index is 13.7. The molecule has 2 saturated carbocycles. The number of nitrogens with zero attached hydrogens (tertiary/aromatic N) is 2. The Morgan fingerprint density at radius 2 is 1.85 bits per heavy atom. The summed E-state index contributed by atoms with van der Waals surface area (Å²) in [5.74, 6) is -0.494. The molecule has 214 valence electrons. The van der Waals surface area contributed by atoms with Crippen LogP contribution in [0.1, 0.15) is 65.9 Å². The topological polar surface area (TPSA) is 125 Å². The van der Waals surface area contributed by atoms with E-state index in [2.05, 4.69) is 24.6 Å². The minimum atomic E-state index is -3.76. The fraction of sp³-hybridized carbons (Fsp3) is 0.679. The number of carbonyl (C=O) groups is 3. The van der Waals surface area contributed by atoms with Gasteiger partial charge < -0.3 is 10.1 Å². The molecule has 11 heteroatoms. The second-order valence-electron chi connectivity index (χ2n) is 13.1. The summed E-state index contributed by atoms with van der Waals surface area (Å²) in [6.45, 7) is 9.74. The Labute approximate surface area is 230 Å². The SMILES string of the molecule is CC(C)(C)OC(=O)N[C@@H](Cc1ccccc1)C(=O)N1CC[C@@H](C(=O)N2[C@H]3C[C@H]4CC[C@@]3(CS2(=O)=O)C4(C)C)N1. The van der Waals surface area contributed by atoms with Gasteiger partial charge in [0.25, 0.3) is 11.8 Å². The van der Waals surface area contributed by atoms with Crippen LogP contribution in [0, 0.1) is 16.7 Å². The number of sulfonamides is 1. The Morgan fingerprint density at radius 1 is 1.15 bits per heavy atom. The first-order valence-corrected chi connectivity index (χ1v) is 15.4. The molecular weight excluding hydrogens is 520 g/mol. The van der Waals surface area contributed by atoms with Gasteiger partial charge in [0.1, 0.15) is 17.7 Å². The molecule has 2 N–H and O–H groups in total.